The van der Waals surface area contributed by atoms with Crippen LogP contribution >= 0.6 is 11.8 Å². The number of carbonyl (C=O) groups excluding carboxylic acids is 1. The number of hydrogen-bond acceptors (Lipinski definition) is 3. The zero-order valence-electron chi connectivity index (χ0n) is 9.41. The van der Waals surface area contributed by atoms with Crippen molar-refractivity contribution in [1.82, 2.24) is 5.32 Å². The highest BCUT2D eigenvalue weighted by Gasteiger charge is 2.30. The summed E-state index contributed by atoms with van der Waals surface area (Å²) < 4.78 is 35.7. The van der Waals surface area contributed by atoms with Crippen molar-refractivity contribution in [1.29, 1.82) is 0 Å². The average molecular weight is 278 g/mol. The molecule has 0 saturated carbocycles. The van der Waals surface area contributed by atoms with Crippen LogP contribution in [0.4, 0.5) is 13.2 Å². The van der Waals surface area contributed by atoms with Crippen molar-refractivity contribution in [2.45, 2.75) is 18.1 Å². The molecular weight excluding hydrogens is 265 g/mol. The first-order valence-corrected chi connectivity index (χ1v) is 6.15. The molecule has 0 radical (unpaired) electrons. The van der Waals surface area contributed by atoms with Crippen molar-refractivity contribution in [3.63, 3.8) is 0 Å². The largest absolute Gasteiger partial charge is 0.441 e. The van der Waals surface area contributed by atoms with Gasteiger partial charge in [0.2, 0.25) is 5.91 Å². The number of benzene rings is 1. The van der Waals surface area contributed by atoms with E-state index in [1.54, 1.807) is 24.3 Å². The van der Waals surface area contributed by atoms with Crippen LogP contribution in [-0.2, 0) is 11.3 Å². The number of alkyl halides is 3. The fourth-order valence-corrected chi connectivity index (χ4v) is 1.70. The highest BCUT2D eigenvalue weighted by atomic mass is 32.2. The summed E-state index contributed by atoms with van der Waals surface area (Å²) in [4.78, 5) is 11.4. The first-order chi connectivity index (χ1) is 8.38. The van der Waals surface area contributed by atoms with Crippen LogP contribution in [0.3, 0.4) is 0 Å². The fourth-order valence-electron chi connectivity index (χ4n) is 1.18. The van der Waals surface area contributed by atoms with E-state index in [1.807, 2.05) is 6.07 Å². The first-order valence-electron chi connectivity index (χ1n) is 5.16. The standard InChI is InChI=1S/C11H13F3N2OS/c12-11(13,14)18-7-9(15)10(17)16-6-8-4-2-1-3-5-8/h1-5,9H,6-7,15H2,(H,16,17). The van der Waals surface area contributed by atoms with Crippen LogP contribution in [0, 0.1) is 0 Å². The molecule has 0 aromatic heterocycles. The second-order valence-corrected chi connectivity index (χ2v) is 4.65. The third-order valence-corrected chi connectivity index (χ3v) is 2.93. The number of amides is 1. The number of nitrogens with one attached hydrogen (secondary N) is 1. The van der Waals surface area contributed by atoms with Crippen molar-refractivity contribution in [2.75, 3.05) is 5.75 Å². The lowest BCUT2D eigenvalue weighted by Crippen LogP contribution is -2.42. The molecule has 0 saturated heterocycles. The molecule has 18 heavy (non-hydrogen) atoms. The average Bonchev–Trinajstić information content (AvgIpc) is 2.33. The highest BCUT2D eigenvalue weighted by molar-refractivity contribution is 8.00. The Morgan fingerprint density at radius 1 is 1.33 bits per heavy atom. The molecule has 3 nitrogen and oxygen atoms in total. The second-order valence-electron chi connectivity index (χ2n) is 3.57. The summed E-state index contributed by atoms with van der Waals surface area (Å²) in [5.74, 6) is -1.07. The van der Waals surface area contributed by atoms with Gasteiger partial charge in [0.05, 0.1) is 6.04 Å². The van der Waals surface area contributed by atoms with Crippen molar-refractivity contribution in [3.05, 3.63) is 35.9 Å². The fraction of sp³-hybridized carbons (Fsp3) is 0.364. The van der Waals surface area contributed by atoms with Gasteiger partial charge in [0.1, 0.15) is 0 Å². The minimum atomic E-state index is -4.36. The molecular formula is C11H13F3N2OS. The predicted molar refractivity (Wildman–Crippen MR) is 64.8 cm³/mol. The first kappa shape index (κ1) is 14.8. The van der Waals surface area contributed by atoms with Crippen LogP contribution < -0.4 is 11.1 Å². The van der Waals surface area contributed by atoms with Crippen molar-refractivity contribution in [3.8, 4) is 0 Å². The molecule has 7 heteroatoms. The smallest absolute Gasteiger partial charge is 0.351 e. The van der Waals surface area contributed by atoms with Gasteiger partial charge >= 0.3 is 5.51 Å². The summed E-state index contributed by atoms with van der Waals surface area (Å²) in [6.07, 6.45) is 0. The Labute approximate surface area is 107 Å². The second kappa shape index (κ2) is 6.65. The van der Waals surface area contributed by atoms with E-state index in [-0.39, 0.29) is 18.3 Å². The van der Waals surface area contributed by atoms with E-state index >= 15 is 0 Å². The number of thioether (sulfide) groups is 1. The number of carbonyl (C=O) groups is 1. The van der Waals surface area contributed by atoms with Crippen molar-refractivity contribution < 1.29 is 18.0 Å². The molecule has 0 aliphatic heterocycles. The number of hydrogen-bond donors (Lipinski definition) is 2. The molecule has 0 spiro atoms. The lowest BCUT2D eigenvalue weighted by atomic mass is 10.2. The van der Waals surface area contributed by atoms with E-state index in [0.717, 1.165) is 5.56 Å². The maximum atomic E-state index is 11.9. The summed E-state index contributed by atoms with van der Waals surface area (Å²) in [7, 11) is 0. The minimum Gasteiger partial charge on any atom is -0.351 e. The van der Waals surface area contributed by atoms with Gasteiger partial charge in [-0.15, -0.1) is 0 Å². The summed E-state index contributed by atoms with van der Waals surface area (Å²) in [5, 5.41) is 2.49. The van der Waals surface area contributed by atoms with Crippen molar-refractivity contribution in [2.24, 2.45) is 5.73 Å². The van der Waals surface area contributed by atoms with Crippen LogP contribution in [-0.4, -0.2) is 23.2 Å². The molecule has 0 aliphatic carbocycles. The molecule has 0 bridgehead atoms. The summed E-state index contributed by atoms with van der Waals surface area (Å²) >= 11 is -0.294. The molecule has 1 atom stereocenters. The number of rotatable bonds is 5. The quantitative estimate of drug-likeness (QED) is 0.864. The minimum absolute atomic E-state index is 0.254. The van der Waals surface area contributed by atoms with Gasteiger partial charge in [0.15, 0.2) is 0 Å². The normalized spacial score (nSPS) is 13.1. The van der Waals surface area contributed by atoms with Gasteiger partial charge in [0, 0.05) is 12.3 Å². The maximum absolute atomic E-state index is 11.9. The molecule has 1 amide bonds. The predicted octanol–water partition coefficient (Wildman–Crippen LogP) is 1.88. The van der Waals surface area contributed by atoms with Gasteiger partial charge in [-0.3, -0.25) is 4.79 Å². The van der Waals surface area contributed by atoms with Gasteiger partial charge in [-0.2, -0.15) is 13.2 Å². The molecule has 0 heterocycles. The zero-order valence-corrected chi connectivity index (χ0v) is 10.2. The van der Waals surface area contributed by atoms with E-state index in [9.17, 15) is 18.0 Å². The molecule has 100 valence electrons. The molecule has 1 unspecified atom stereocenters. The third kappa shape index (κ3) is 5.92. The lowest BCUT2D eigenvalue weighted by Gasteiger charge is -2.13. The van der Waals surface area contributed by atoms with Gasteiger partial charge in [0.25, 0.3) is 0 Å². The lowest BCUT2D eigenvalue weighted by molar-refractivity contribution is -0.122. The Morgan fingerprint density at radius 3 is 2.50 bits per heavy atom. The maximum Gasteiger partial charge on any atom is 0.441 e. The highest BCUT2D eigenvalue weighted by Crippen LogP contribution is 2.30. The summed E-state index contributed by atoms with van der Waals surface area (Å²) in [6, 6.07) is 7.88. The van der Waals surface area contributed by atoms with Crippen LogP contribution in [0.5, 0.6) is 0 Å². The molecule has 1 aromatic rings. The number of halogens is 3. The van der Waals surface area contributed by atoms with E-state index in [1.165, 1.54) is 0 Å². The van der Waals surface area contributed by atoms with Crippen LogP contribution in [0.25, 0.3) is 0 Å². The topological polar surface area (TPSA) is 55.1 Å². The van der Waals surface area contributed by atoms with E-state index in [4.69, 9.17) is 5.73 Å². The van der Waals surface area contributed by atoms with Gasteiger partial charge in [-0.05, 0) is 17.3 Å². The van der Waals surface area contributed by atoms with E-state index < -0.39 is 23.2 Å². The Balaban J connectivity index is 2.32. The van der Waals surface area contributed by atoms with Gasteiger partial charge < -0.3 is 11.1 Å². The van der Waals surface area contributed by atoms with Crippen LogP contribution in [0.2, 0.25) is 0 Å². The Hall–Kier alpha value is -1.21. The van der Waals surface area contributed by atoms with Crippen LogP contribution in [0.1, 0.15) is 5.56 Å². The summed E-state index contributed by atoms with van der Waals surface area (Å²) in [5.41, 5.74) is 1.85. The SMILES string of the molecule is NC(CSC(F)(F)F)C(=O)NCc1ccccc1. The Kier molecular flexibility index (Phi) is 5.49. The van der Waals surface area contributed by atoms with Crippen molar-refractivity contribution >= 4 is 17.7 Å². The number of nitrogens with two attached hydrogens (primary N) is 1. The third-order valence-electron chi connectivity index (χ3n) is 2.07. The molecule has 3 N–H and O–H groups in total. The Bertz CT molecular complexity index is 384. The van der Waals surface area contributed by atoms with Gasteiger partial charge in [-0.1, -0.05) is 30.3 Å². The van der Waals surface area contributed by atoms with E-state index in [2.05, 4.69) is 5.32 Å². The molecule has 1 rings (SSSR count). The summed E-state index contributed by atoms with van der Waals surface area (Å²) in [6.45, 7) is 0.254. The van der Waals surface area contributed by atoms with E-state index in [0.29, 0.717) is 0 Å². The van der Waals surface area contributed by atoms with Gasteiger partial charge in [-0.25, -0.2) is 0 Å². The molecule has 0 fully saturated rings. The monoisotopic (exact) mass is 278 g/mol. The molecule has 0 aliphatic rings. The zero-order chi connectivity index (χ0) is 13.6. The molecule has 1 aromatic carbocycles. The van der Waals surface area contributed by atoms with Crippen LogP contribution in [0.15, 0.2) is 30.3 Å². The Morgan fingerprint density at radius 2 is 1.94 bits per heavy atom.